The van der Waals surface area contributed by atoms with Gasteiger partial charge >= 0.3 is 0 Å². The van der Waals surface area contributed by atoms with Crippen molar-refractivity contribution in [2.24, 2.45) is 5.92 Å². The molecule has 1 aromatic rings. The van der Waals surface area contributed by atoms with Crippen LogP contribution >= 0.6 is 0 Å². The van der Waals surface area contributed by atoms with Crippen molar-refractivity contribution in [2.45, 2.75) is 58.5 Å². The lowest BCUT2D eigenvalue weighted by atomic mass is 9.89. The van der Waals surface area contributed by atoms with E-state index < -0.39 is 0 Å². The highest BCUT2D eigenvalue weighted by Gasteiger charge is 2.15. The highest BCUT2D eigenvalue weighted by molar-refractivity contribution is 5.93. The van der Waals surface area contributed by atoms with Gasteiger partial charge in [-0.25, -0.2) is 4.98 Å². The largest absolute Gasteiger partial charge is 0.475 e. The molecule has 0 radical (unpaired) electrons. The fraction of sp³-hybridized carbons (Fsp3) is 0.684. The molecule has 1 N–H and O–H groups in total. The third-order valence-corrected chi connectivity index (χ3v) is 4.14. The molecule has 1 aliphatic rings. The molecule has 24 heavy (non-hydrogen) atoms. The molecular formula is C19H30N2O3. The van der Waals surface area contributed by atoms with Crippen molar-refractivity contribution < 1.29 is 14.3 Å². The van der Waals surface area contributed by atoms with Crippen LogP contribution in [0, 0.1) is 5.92 Å². The Morgan fingerprint density at radius 2 is 1.96 bits per heavy atom. The molecule has 5 nitrogen and oxygen atoms in total. The smallest absolute Gasteiger partial charge is 0.252 e. The van der Waals surface area contributed by atoms with E-state index in [-0.39, 0.29) is 11.5 Å². The van der Waals surface area contributed by atoms with Gasteiger partial charge in [0.1, 0.15) is 6.61 Å². The minimum atomic E-state index is -0.170. The maximum Gasteiger partial charge on any atom is 0.252 e. The zero-order chi connectivity index (χ0) is 17.4. The van der Waals surface area contributed by atoms with Crippen LogP contribution < -0.4 is 10.1 Å². The van der Waals surface area contributed by atoms with Crippen LogP contribution in [-0.2, 0) is 4.74 Å². The molecule has 0 bridgehead atoms. The number of amides is 1. The lowest BCUT2D eigenvalue weighted by molar-refractivity contribution is -0.0168. The molecule has 0 aliphatic heterocycles. The molecule has 1 saturated carbocycles. The van der Waals surface area contributed by atoms with Crippen LogP contribution in [0.25, 0.3) is 0 Å². The molecule has 1 aliphatic carbocycles. The molecule has 0 aromatic carbocycles. The first-order valence-corrected chi connectivity index (χ1v) is 8.95. The molecule has 0 saturated heterocycles. The predicted octanol–water partition coefficient (Wildman–Crippen LogP) is 3.59. The average molecular weight is 334 g/mol. The normalized spacial score (nSPS) is 16.0. The molecular weight excluding hydrogens is 304 g/mol. The van der Waals surface area contributed by atoms with Crippen molar-refractivity contribution in [3.63, 3.8) is 0 Å². The third-order valence-electron chi connectivity index (χ3n) is 4.14. The number of ether oxygens (including phenoxy) is 2. The maximum absolute atomic E-state index is 12.2. The van der Waals surface area contributed by atoms with E-state index in [1.54, 1.807) is 18.3 Å². The Kier molecular flexibility index (Phi) is 7.03. The quantitative estimate of drug-likeness (QED) is 0.774. The Morgan fingerprint density at radius 1 is 1.21 bits per heavy atom. The van der Waals surface area contributed by atoms with Crippen molar-refractivity contribution in [3.8, 4) is 5.88 Å². The van der Waals surface area contributed by atoms with Crippen LogP contribution in [0.1, 0.15) is 63.2 Å². The number of hydrogen-bond acceptors (Lipinski definition) is 4. The van der Waals surface area contributed by atoms with Crippen molar-refractivity contribution in [2.75, 3.05) is 19.8 Å². The zero-order valence-corrected chi connectivity index (χ0v) is 15.1. The van der Waals surface area contributed by atoms with Gasteiger partial charge in [0.15, 0.2) is 0 Å². The number of nitrogens with zero attached hydrogens (tertiary/aromatic N) is 1. The highest BCUT2D eigenvalue weighted by atomic mass is 16.5. The molecule has 134 valence electrons. The summed E-state index contributed by atoms with van der Waals surface area (Å²) >= 11 is 0. The van der Waals surface area contributed by atoms with Crippen molar-refractivity contribution in [1.29, 1.82) is 0 Å². The van der Waals surface area contributed by atoms with E-state index >= 15 is 0 Å². The van der Waals surface area contributed by atoms with Crippen LogP contribution in [0.4, 0.5) is 0 Å². The van der Waals surface area contributed by atoms with E-state index in [2.05, 4.69) is 10.3 Å². The zero-order valence-electron chi connectivity index (χ0n) is 15.1. The van der Waals surface area contributed by atoms with Gasteiger partial charge in [-0.05, 0) is 45.6 Å². The summed E-state index contributed by atoms with van der Waals surface area (Å²) < 4.78 is 11.1. The number of carbonyl (C=O) groups is 1. The first-order chi connectivity index (χ1) is 11.4. The summed E-state index contributed by atoms with van der Waals surface area (Å²) in [5.41, 5.74) is 0.404. The van der Waals surface area contributed by atoms with Gasteiger partial charge in [-0.15, -0.1) is 0 Å². The van der Waals surface area contributed by atoms with Gasteiger partial charge in [-0.2, -0.15) is 0 Å². The highest BCUT2D eigenvalue weighted by Crippen LogP contribution is 2.22. The molecule has 1 heterocycles. The fourth-order valence-electron chi connectivity index (χ4n) is 2.82. The van der Waals surface area contributed by atoms with E-state index in [0.717, 1.165) is 6.54 Å². The van der Waals surface area contributed by atoms with Gasteiger partial charge in [0.05, 0.1) is 17.8 Å². The summed E-state index contributed by atoms with van der Waals surface area (Å²) in [6.07, 6.45) is 7.91. The van der Waals surface area contributed by atoms with Crippen molar-refractivity contribution in [1.82, 2.24) is 10.3 Å². The lowest BCUT2D eigenvalue weighted by Gasteiger charge is -2.21. The summed E-state index contributed by atoms with van der Waals surface area (Å²) in [6.45, 7) is 7.73. The summed E-state index contributed by atoms with van der Waals surface area (Å²) in [5, 5.41) is 3.02. The van der Waals surface area contributed by atoms with Gasteiger partial charge in [0.2, 0.25) is 5.88 Å². The number of hydrogen-bond donors (Lipinski definition) is 1. The summed E-state index contributed by atoms with van der Waals surface area (Å²) in [5.74, 6) is 1.08. The Labute approximate surface area is 145 Å². The van der Waals surface area contributed by atoms with Gasteiger partial charge in [0.25, 0.3) is 5.91 Å². The van der Waals surface area contributed by atoms with Gasteiger partial charge in [0, 0.05) is 18.8 Å². The molecule has 1 amide bonds. The Hall–Kier alpha value is -1.62. The van der Waals surface area contributed by atoms with E-state index in [1.165, 1.54) is 32.1 Å². The number of nitrogens with one attached hydrogen (secondary N) is 1. The second-order valence-electron chi connectivity index (χ2n) is 7.41. The third kappa shape index (κ3) is 6.87. The van der Waals surface area contributed by atoms with E-state index in [0.29, 0.717) is 30.6 Å². The molecule has 2 rings (SSSR count). The standard InChI is InChI=1S/C19H30N2O3/c1-19(2,3)24-12-11-23-17-10-9-16(14-20-17)18(22)21-13-15-7-5-4-6-8-15/h9-10,14-15H,4-8,11-13H2,1-3H3,(H,21,22). The topological polar surface area (TPSA) is 60.5 Å². The van der Waals surface area contributed by atoms with Crippen LogP contribution in [0.3, 0.4) is 0 Å². The van der Waals surface area contributed by atoms with E-state index in [4.69, 9.17) is 9.47 Å². The van der Waals surface area contributed by atoms with E-state index in [1.807, 2.05) is 20.8 Å². The predicted molar refractivity (Wildman–Crippen MR) is 94.3 cm³/mol. The van der Waals surface area contributed by atoms with Crippen LogP contribution in [0.15, 0.2) is 18.3 Å². The van der Waals surface area contributed by atoms with Crippen LogP contribution in [0.2, 0.25) is 0 Å². The second kappa shape index (κ2) is 9.02. The summed E-state index contributed by atoms with van der Waals surface area (Å²) in [4.78, 5) is 16.3. The SMILES string of the molecule is CC(C)(C)OCCOc1ccc(C(=O)NCC2CCCCC2)cn1. The van der Waals surface area contributed by atoms with Gasteiger partial charge in [-0.1, -0.05) is 19.3 Å². The second-order valence-corrected chi connectivity index (χ2v) is 7.41. The summed E-state index contributed by atoms with van der Waals surface area (Å²) in [6, 6.07) is 3.48. The molecule has 1 aromatic heterocycles. The van der Waals surface area contributed by atoms with Crippen LogP contribution in [-0.4, -0.2) is 36.3 Å². The minimum absolute atomic E-state index is 0.0595. The minimum Gasteiger partial charge on any atom is -0.475 e. The fourth-order valence-corrected chi connectivity index (χ4v) is 2.82. The number of aromatic nitrogens is 1. The van der Waals surface area contributed by atoms with Crippen molar-refractivity contribution in [3.05, 3.63) is 23.9 Å². The molecule has 0 atom stereocenters. The number of carbonyl (C=O) groups excluding carboxylic acids is 1. The average Bonchev–Trinajstić information content (AvgIpc) is 2.57. The van der Waals surface area contributed by atoms with Gasteiger partial charge < -0.3 is 14.8 Å². The number of rotatable bonds is 7. The first-order valence-electron chi connectivity index (χ1n) is 8.95. The van der Waals surface area contributed by atoms with E-state index in [9.17, 15) is 4.79 Å². The van der Waals surface area contributed by atoms with Crippen molar-refractivity contribution >= 4 is 5.91 Å². The Balaban J connectivity index is 1.71. The first kappa shape index (κ1) is 18.7. The molecule has 5 heteroatoms. The Morgan fingerprint density at radius 3 is 2.58 bits per heavy atom. The van der Waals surface area contributed by atoms with Crippen LogP contribution in [0.5, 0.6) is 5.88 Å². The van der Waals surface area contributed by atoms with Gasteiger partial charge in [-0.3, -0.25) is 4.79 Å². The summed E-state index contributed by atoms with van der Waals surface area (Å²) in [7, 11) is 0. The molecule has 1 fully saturated rings. The maximum atomic E-state index is 12.2. The monoisotopic (exact) mass is 334 g/mol. The molecule has 0 spiro atoms. The lowest BCUT2D eigenvalue weighted by Crippen LogP contribution is -2.30. The molecule has 0 unspecified atom stereocenters. The Bertz CT molecular complexity index is 502. The number of pyridine rings is 1.